The van der Waals surface area contributed by atoms with Gasteiger partial charge in [-0.05, 0) is 11.4 Å². The Kier molecular flexibility index (Phi) is 2.82. The van der Waals surface area contributed by atoms with Crippen molar-refractivity contribution in [3.8, 4) is 0 Å². The lowest BCUT2D eigenvalue weighted by Gasteiger charge is -1.98. The largest absolute Gasteiger partial charge is 0.478 e. The SMILES string of the molecule is O=C(O)c1cnn(CCc2cccs2)c1. The van der Waals surface area contributed by atoms with Crippen LogP contribution >= 0.6 is 11.3 Å². The number of aromatic nitrogens is 2. The topological polar surface area (TPSA) is 55.1 Å². The van der Waals surface area contributed by atoms with Gasteiger partial charge in [-0.3, -0.25) is 4.68 Å². The minimum atomic E-state index is -0.933. The fourth-order valence-corrected chi connectivity index (χ4v) is 1.97. The second-order valence-corrected chi connectivity index (χ2v) is 4.16. The smallest absolute Gasteiger partial charge is 0.338 e. The van der Waals surface area contributed by atoms with Crippen LogP contribution in [0.15, 0.2) is 29.9 Å². The number of carboxylic acids is 1. The lowest BCUT2D eigenvalue weighted by molar-refractivity contribution is 0.0697. The first-order valence-corrected chi connectivity index (χ1v) is 5.42. The lowest BCUT2D eigenvalue weighted by atomic mass is 10.3. The summed E-state index contributed by atoms with van der Waals surface area (Å²) >= 11 is 1.70. The van der Waals surface area contributed by atoms with E-state index < -0.39 is 5.97 Å². The number of rotatable bonds is 4. The van der Waals surface area contributed by atoms with Crippen molar-refractivity contribution in [3.63, 3.8) is 0 Å². The molecule has 15 heavy (non-hydrogen) atoms. The first kappa shape index (κ1) is 9.92. The van der Waals surface area contributed by atoms with Gasteiger partial charge in [0.25, 0.3) is 0 Å². The molecule has 2 rings (SSSR count). The molecule has 78 valence electrons. The molecular formula is C10H10N2O2S. The molecule has 0 spiro atoms. The summed E-state index contributed by atoms with van der Waals surface area (Å²) < 4.78 is 1.66. The van der Waals surface area contributed by atoms with Crippen molar-refractivity contribution in [2.24, 2.45) is 0 Å². The van der Waals surface area contributed by atoms with Crippen molar-refractivity contribution in [1.82, 2.24) is 9.78 Å². The zero-order chi connectivity index (χ0) is 10.7. The molecule has 2 aromatic heterocycles. The Morgan fingerprint density at radius 2 is 2.47 bits per heavy atom. The van der Waals surface area contributed by atoms with Crippen LogP contribution in [0, 0.1) is 0 Å². The van der Waals surface area contributed by atoms with Gasteiger partial charge >= 0.3 is 5.97 Å². The summed E-state index contributed by atoms with van der Waals surface area (Å²) in [7, 11) is 0. The van der Waals surface area contributed by atoms with Gasteiger partial charge in [0.2, 0.25) is 0 Å². The fourth-order valence-electron chi connectivity index (χ4n) is 1.28. The van der Waals surface area contributed by atoms with Crippen LogP contribution in [0.4, 0.5) is 0 Å². The van der Waals surface area contributed by atoms with E-state index in [-0.39, 0.29) is 5.56 Å². The average molecular weight is 222 g/mol. The molecule has 0 saturated heterocycles. The number of carboxylic acid groups (broad SMARTS) is 1. The molecule has 1 N–H and O–H groups in total. The molecule has 2 aromatic rings. The van der Waals surface area contributed by atoms with Crippen LogP contribution in [0.25, 0.3) is 0 Å². The van der Waals surface area contributed by atoms with Gasteiger partial charge in [-0.1, -0.05) is 6.07 Å². The van der Waals surface area contributed by atoms with Gasteiger partial charge in [0.1, 0.15) is 0 Å². The molecule has 2 heterocycles. The van der Waals surface area contributed by atoms with Gasteiger partial charge in [-0.15, -0.1) is 11.3 Å². The molecule has 0 saturated carbocycles. The quantitative estimate of drug-likeness (QED) is 0.859. The van der Waals surface area contributed by atoms with Gasteiger partial charge in [0, 0.05) is 24.0 Å². The predicted molar refractivity (Wildman–Crippen MR) is 57.2 cm³/mol. The Morgan fingerprint density at radius 3 is 3.07 bits per heavy atom. The number of aryl methyl sites for hydroxylation is 2. The number of aromatic carboxylic acids is 1. The highest BCUT2D eigenvalue weighted by atomic mass is 32.1. The molecular weight excluding hydrogens is 212 g/mol. The zero-order valence-electron chi connectivity index (χ0n) is 7.96. The molecule has 5 heteroatoms. The van der Waals surface area contributed by atoms with Gasteiger partial charge in [-0.2, -0.15) is 5.10 Å². The van der Waals surface area contributed by atoms with Gasteiger partial charge in [-0.25, -0.2) is 4.79 Å². The molecule has 0 unspecified atom stereocenters. The molecule has 4 nitrogen and oxygen atoms in total. The van der Waals surface area contributed by atoms with E-state index >= 15 is 0 Å². The Hall–Kier alpha value is -1.62. The normalized spacial score (nSPS) is 10.4. The third-order valence-electron chi connectivity index (χ3n) is 2.05. The molecule has 0 amide bonds. The van der Waals surface area contributed by atoms with E-state index in [1.807, 2.05) is 11.4 Å². The first-order chi connectivity index (χ1) is 7.25. The first-order valence-electron chi connectivity index (χ1n) is 4.54. The van der Waals surface area contributed by atoms with Crippen LogP contribution in [0.5, 0.6) is 0 Å². The van der Waals surface area contributed by atoms with Crippen molar-refractivity contribution in [1.29, 1.82) is 0 Å². The third kappa shape index (κ3) is 2.44. The number of carbonyl (C=O) groups is 1. The van der Waals surface area contributed by atoms with Crippen LogP contribution in [-0.4, -0.2) is 20.9 Å². The van der Waals surface area contributed by atoms with Crippen LogP contribution in [-0.2, 0) is 13.0 Å². The van der Waals surface area contributed by atoms with Crippen molar-refractivity contribution in [2.45, 2.75) is 13.0 Å². The second-order valence-electron chi connectivity index (χ2n) is 3.13. The Labute approximate surface area is 90.8 Å². The summed E-state index contributed by atoms with van der Waals surface area (Å²) in [4.78, 5) is 11.9. The molecule has 0 aliphatic rings. The summed E-state index contributed by atoms with van der Waals surface area (Å²) in [6, 6.07) is 4.07. The summed E-state index contributed by atoms with van der Waals surface area (Å²) in [6.45, 7) is 0.716. The van der Waals surface area contributed by atoms with Gasteiger partial charge < -0.3 is 5.11 Å². The maximum atomic E-state index is 10.6. The summed E-state index contributed by atoms with van der Waals surface area (Å²) in [6.07, 6.45) is 3.81. The summed E-state index contributed by atoms with van der Waals surface area (Å²) in [5, 5.41) is 14.7. The minimum Gasteiger partial charge on any atom is -0.478 e. The average Bonchev–Trinajstić information content (AvgIpc) is 2.86. The van der Waals surface area contributed by atoms with Crippen molar-refractivity contribution in [3.05, 3.63) is 40.3 Å². The van der Waals surface area contributed by atoms with E-state index in [4.69, 9.17) is 5.11 Å². The fraction of sp³-hybridized carbons (Fsp3) is 0.200. The Balaban J connectivity index is 1.96. The third-order valence-corrected chi connectivity index (χ3v) is 2.98. The molecule has 0 atom stereocenters. The lowest BCUT2D eigenvalue weighted by Crippen LogP contribution is -2.00. The predicted octanol–water partition coefficient (Wildman–Crippen LogP) is 1.89. The van der Waals surface area contributed by atoms with Gasteiger partial charge in [0.05, 0.1) is 11.8 Å². The van der Waals surface area contributed by atoms with E-state index in [0.29, 0.717) is 6.54 Å². The molecule has 0 bridgehead atoms. The van der Waals surface area contributed by atoms with Crippen molar-refractivity contribution in [2.75, 3.05) is 0 Å². The maximum absolute atomic E-state index is 10.6. The highest BCUT2D eigenvalue weighted by molar-refractivity contribution is 7.09. The highest BCUT2D eigenvalue weighted by Crippen LogP contribution is 2.10. The van der Waals surface area contributed by atoms with Crippen molar-refractivity contribution < 1.29 is 9.90 Å². The monoisotopic (exact) mass is 222 g/mol. The molecule has 0 aliphatic carbocycles. The number of thiophene rings is 1. The highest BCUT2D eigenvalue weighted by Gasteiger charge is 2.05. The van der Waals surface area contributed by atoms with E-state index in [2.05, 4.69) is 11.2 Å². The van der Waals surface area contributed by atoms with E-state index in [1.54, 1.807) is 22.2 Å². The van der Waals surface area contributed by atoms with Crippen molar-refractivity contribution >= 4 is 17.3 Å². The van der Waals surface area contributed by atoms with E-state index in [0.717, 1.165) is 6.42 Å². The number of hydrogen-bond acceptors (Lipinski definition) is 3. The second kappa shape index (κ2) is 4.27. The molecule has 0 aromatic carbocycles. The van der Waals surface area contributed by atoms with Crippen LogP contribution in [0.2, 0.25) is 0 Å². The standard InChI is InChI=1S/C10H10N2O2S/c13-10(14)8-6-11-12(7-8)4-3-9-2-1-5-15-9/h1-2,5-7H,3-4H2,(H,13,14). The maximum Gasteiger partial charge on any atom is 0.338 e. The van der Waals surface area contributed by atoms with Crippen LogP contribution < -0.4 is 0 Å². The van der Waals surface area contributed by atoms with Gasteiger partial charge in [0.15, 0.2) is 0 Å². The molecule has 0 aliphatic heterocycles. The number of nitrogens with zero attached hydrogens (tertiary/aromatic N) is 2. The van der Waals surface area contributed by atoms with E-state index in [1.165, 1.54) is 11.1 Å². The Bertz CT molecular complexity index is 448. The molecule has 0 radical (unpaired) electrons. The Morgan fingerprint density at radius 1 is 1.60 bits per heavy atom. The van der Waals surface area contributed by atoms with E-state index in [9.17, 15) is 4.79 Å². The number of hydrogen-bond donors (Lipinski definition) is 1. The summed E-state index contributed by atoms with van der Waals surface area (Å²) in [5.41, 5.74) is 0.237. The van der Waals surface area contributed by atoms with Crippen LogP contribution in [0.3, 0.4) is 0 Å². The minimum absolute atomic E-state index is 0.237. The zero-order valence-corrected chi connectivity index (χ0v) is 8.78. The van der Waals surface area contributed by atoms with Crippen LogP contribution in [0.1, 0.15) is 15.2 Å². The summed E-state index contributed by atoms with van der Waals surface area (Å²) in [5.74, 6) is -0.933. The molecule has 0 fully saturated rings.